The topological polar surface area (TPSA) is 134 Å². The minimum atomic E-state index is -0.549. The van der Waals surface area contributed by atoms with Crippen LogP contribution in [0.3, 0.4) is 0 Å². The molecule has 9 heteroatoms. The van der Waals surface area contributed by atoms with E-state index >= 15 is 0 Å². The molecule has 0 radical (unpaired) electrons. The Labute approximate surface area is 126 Å². The highest BCUT2D eigenvalue weighted by Gasteiger charge is 2.39. The van der Waals surface area contributed by atoms with Gasteiger partial charge in [0.1, 0.15) is 5.69 Å². The van der Waals surface area contributed by atoms with Crippen molar-refractivity contribution in [1.82, 2.24) is 10.1 Å². The van der Waals surface area contributed by atoms with Gasteiger partial charge in [0.15, 0.2) is 5.82 Å². The fraction of sp³-hybridized carbons (Fsp3) is 0.333. The number of aromatic nitrogens is 2. The van der Waals surface area contributed by atoms with E-state index in [-0.39, 0.29) is 29.7 Å². The summed E-state index contributed by atoms with van der Waals surface area (Å²) in [5, 5.41) is 14.7. The highest BCUT2D eigenvalue weighted by Crippen LogP contribution is 2.38. The summed E-state index contributed by atoms with van der Waals surface area (Å²) < 4.78 is 5.14. The molecule has 0 amide bonds. The molecular formula is C12H14ClN5O3. The molecule has 0 spiro atoms. The summed E-state index contributed by atoms with van der Waals surface area (Å²) in [6.07, 6.45) is 2.63. The summed E-state index contributed by atoms with van der Waals surface area (Å²) in [5.74, 6) is 0.572. The van der Waals surface area contributed by atoms with Crippen LogP contribution in [-0.2, 0) is 5.54 Å². The van der Waals surface area contributed by atoms with Crippen LogP contribution in [0.1, 0.15) is 25.1 Å². The molecule has 1 saturated carbocycles. The zero-order valence-electron chi connectivity index (χ0n) is 11.0. The average molecular weight is 312 g/mol. The van der Waals surface area contributed by atoms with Crippen molar-refractivity contribution in [1.29, 1.82) is 0 Å². The van der Waals surface area contributed by atoms with Crippen molar-refractivity contribution >= 4 is 23.8 Å². The van der Waals surface area contributed by atoms with E-state index in [1.54, 1.807) is 6.07 Å². The lowest BCUT2D eigenvalue weighted by molar-refractivity contribution is -0.383. The van der Waals surface area contributed by atoms with Crippen molar-refractivity contribution in [3.8, 4) is 11.5 Å². The number of rotatable bonds is 3. The van der Waals surface area contributed by atoms with Gasteiger partial charge in [-0.05, 0) is 25.3 Å². The van der Waals surface area contributed by atoms with Gasteiger partial charge >= 0.3 is 0 Å². The van der Waals surface area contributed by atoms with Gasteiger partial charge in [0.25, 0.3) is 11.6 Å². The molecule has 1 heterocycles. The van der Waals surface area contributed by atoms with Crippen LogP contribution in [0.5, 0.6) is 0 Å². The lowest BCUT2D eigenvalue weighted by atomic mass is 9.77. The van der Waals surface area contributed by atoms with Crippen LogP contribution in [0.25, 0.3) is 11.5 Å². The number of hydrogen-bond acceptors (Lipinski definition) is 7. The summed E-state index contributed by atoms with van der Waals surface area (Å²) in [4.78, 5) is 14.5. The third-order valence-corrected chi connectivity index (χ3v) is 3.63. The van der Waals surface area contributed by atoms with E-state index in [1.165, 1.54) is 12.1 Å². The molecule has 8 nitrogen and oxygen atoms in total. The van der Waals surface area contributed by atoms with E-state index in [0.29, 0.717) is 11.4 Å². The van der Waals surface area contributed by atoms with Crippen molar-refractivity contribution in [3.63, 3.8) is 0 Å². The Kier molecular flexibility index (Phi) is 3.84. The van der Waals surface area contributed by atoms with Gasteiger partial charge in [0.2, 0.25) is 0 Å². The van der Waals surface area contributed by atoms with Gasteiger partial charge < -0.3 is 16.0 Å². The monoisotopic (exact) mass is 311 g/mol. The quantitative estimate of drug-likeness (QED) is 0.502. The number of benzene rings is 1. The zero-order valence-corrected chi connectivity index (χ0v) is 11.8. The van der Waals surface area contributed by atoms with E-state index in [0.717, 1.165) is 19.3 Å². The maximum Gasteiger partial charge on any atom is 0.292 e. The van der Waals surface area contributed by atoms with E-state index in [9.17, 15) is 10.1 Å². The smallest absolute Gasteiger partial charge is 0.292 e. The van der Waals surface area contributed by atoms with Crippen molar-refractivity contribution in [2.75, 3.05) is 5.73 Å². The lowest BCUT2D eigenvalue weighted by Crippen LogP contribution is -2.44. The second kappa shape index (κ2) is 5.30. The molecular weight excluding hydrogens is 298 g/mol. The lowest BCUT2D eigenvalue weighted by Gasteiger charge is -2.34. The largest absolute Gasteiger partial charge is 0.393 e. The number of nitrogens with zero attached hydrogens (tertiary/aromatic N) is 3. The molecule has 0 unspecified atom stereocenters. The Bertz CT molecular complexity index is 683. The first-order chi connectivity index (χ1) is 9.51. The van der Waals surface area contributed by atoms with Crippen LogP contribution < -0.4 is 11.5 Å². The molecule has 1 aromatic carbocycles. The van der Waals surface area contributed by atoms with Crippen LogP contribution in [0.2, 0.25) is 0 Å². The van der Waals surface area contributed by atoms with Gasteiger partial charge in [0, 0.05) is 6.07 Å². The molecule has 4 N–H and O–H groups in total. The highest BCUT2D eigenvalue weighted by atomic mass is 35.5. The van der Waals surface area contributed by atoms with Crippen LogP contribution in [-0.4, -0.2) is 15.1 Å². The molecule has 1 aromatic heterocycles. The first kappa shape index (κ1) is 15.2. The van der Waals surface area contributed by atoms with Crippen molar-refractivity contribution in [3.05, 3.63) is 34.1 Å². The van der Waals surface area contributed by atoms with E-state index in [1.807, 2.05) is 0 Å². The maximum atomic E-state index is 10.9. The van der Waals surface area contributed by atoms with E-state index < -0.39 is 10.5 Å². The van der Waals surface area contributed by atoms with Crippen molar-refractivity contribution < 1.29 is 9.45 Å². The number of nitro benzene ring substituents is 1. The second-order valence-electron chi connectivity index (χ2n) is 4.93. The number of nitrogen functional groups attached to an aromatic ring is 1. The van der Waals surface area contributed by atoms with Crippen LogP contribution in [0.4, 0.5) is 11.4 Å². The molecule has 0 saturated heterocycles. The molecule has 2 aromatic rings. The number of hydrogen-bond donors (Lipinski definition) is 2. The van der Waals surface area contributed by atoms with E-state index in [2.05, 4.69) is 10.1 Å². The maximum absolute atomic E-state index is 10.9. The summed E-state index contributed by atoms with van der Waals surface area (Å²) in [7, 11) is 0. The van der Waals surface area contributed by atoms with Gasteiger partial charge in [-0.15, -0.1) is 12.4 Å². The Hall–Kier alpha value is -2.19. The number of nitro groups is 1. The molecule has 21 heavy (non-hydrogen) atoms. The minimum Gasteiger partial charge on any atom is -0.393 e. The number of para-hydroxylation sites is 1. The average Bonchev–Trinajstić information content (AvgIpc) is 2.85. The third-order valence-electron chi connectivity index (χ3n) is 3.63. The third kappa shape index (κ3) is 2.43. The SMILES string of the molecule is Cl.Nc1c(-c2nc(C3(N)CCC3)no2)cccc1[N+](=O)[O-]. The summed E-state index contributed by atoms with van der Waals surface area (Å²) in [5.41, 5.74) is 11.5. The number of halogens is 1. The van der Waals surface area contributed by atoms with Gasteiger partial charge in [-0.2, -0.15) is 4.98 Å². The van der Waals surface area contributed by atoms with Crippen LogP contribution in [0.15, 0.2) is 22.7 Å². The normalized spacial score (nSPS) is 15.9. The molecule has 0 bridgehead atoms. The predicted octanol–water partition coefficient (Wildman–Crippen LogP) is 1.99. The molecule has 1 aliphatic rings. The first-order valence-corrected chi connectivity index (χ1v) is 6.17. The Morgan fingerprint density at radius 3 is 2.67 bits per heavy atom. The van der Waals surface area contributed by atoms with Crippen molar-refractivity contribution in [2.45, 2.75) is 24.8 Å². The van der Waals surface area contributed by atoms with Gasteiger partial charge in [-0.1, -0.05) is 11.2 Å². The Morgan fingerprint density at radius 1 is 1.38 bits per heavy atom. The molecule has 0 atom stereocenters. The zero-order chi connectivity index (χ0) is 14.3. The van der Waals surface area contributed by atoms with Crippen LogP contribution in [0, 0.1) is 10.1 Å². The molecule has 112 valence electrons. The predicted molar refractivity (Wildman–Crippen MR) is 77.8 cm³/mol. The molecule has 1 fully saturated rings. The van der Waals surface area contributed by atoms with Gasteiger partial charge in [0.05, 0.1) is 16.0 Å². The minimum absolute atomic E-state index is 0. The molecule has 3 rings (SSSR count). The number of nitrogens with two attached hydrogens (primary N) is 2. The van der Waals surface area contributed by atoms with Gasteiger partial charge in [-0.3, -0.25) is 10.1 Å². The standard InChI is InChI=1S/C12H13N5O3.ClH/c13-9-7(3-1-4-8(9)17(18)19)10-15-11(16-20-10)12(14)5-2-6-12;/h1,3-4H,2,5-6,13-14H2;1H. The van der Waals surface area contributed by atoms with Crippen LogP contribution >= 0.6 is 12.4 Å². The second-order valence-corrected chi connectivity index (χ2v) is 4.93. The van der Waals surface area contributed by atoms with Gasteiger partial charge in [-0.25, -0.2) is 0 Å². The van der Waals surface area contributed by atoms with E-state index in [4.69, 9.17) is 16.0 Å². The molecule has 1 aliphatic carbocycles. The Morgan fingerprint density at radius 2 is 2.10 bits per heavy atom. The fourth-order valence-corrected chi connectivity index (χ4v) is 2.22. The summed E-state index contributed by atoms with van der Waals surface area (Å²) >= 11 is 0. The number of anilines is 1. The fourth-order valence-electron chi connectivity index (χ4n) is 2.22. The first-order valence-electron chi connectivity index (χ1n) is 6.17. The Balaban J connectivity index is 0.00000161. The summed E-state index contributed by atoms with van der Waals surface area (Å²) in [6, 6.07) is 4.45. The molecule has 0 aliphatic heterocycles. The summed E-state index contributed by atoms with van der Waals surface area (Å²) in [6.45, 7) is 0. The highest BCUT2D eigenvalue weighted by molar-refractivity contribution is 5.85. The van der Waals surface area contributed by atoms with Crippen molar-refractivity contribution in [2.24, 2.45) is 5.73 Å².